The fraction of sp³-hybridized carbons (Fsp3) is 0.0909. The third kappa shape index (κ3) is 3.03. The van der Waals surface area contributed by atoms with Crippen molar-refractivity contribution < 1.29 is 4.79 Å². The molecule has 0 aliphatic heterocycles. The molecule has 3 rings (SSSR count). The summed E-state index contributed by atoms with van der Waals surface area (Å²) >= 11 is 1.17. The number of anilines is 2. The molecular formula is C11H10N8O2S. The Bertz CT molecular complexity index is 889. The first-order chi connectivity index (χ1) is 10.6. The van der Waals surface area contributed by atoms with Crippen molar-refractivity contribution in [2.24, 2.45) is 0 Å². The number of rotatable bonds is 4. The molecular weight excluding hydrogens is 308 g/mol. The predicted octanol–water partition coefficient (Wildman–Crippen LogP) is -0.251. The molecule has 0 aliphatic rings. The molecule has 11 heteroatoms. The second-order valence-corrected chi connectivity index (χ2v) is 5.07. The quantitative estimate of drug-likeness (QED) is 0.379. The lowest BCUT2D eigenvalue weighted by Crippen LogP contribution is -2.19. The van der Waals surface area contributed by atoms with Crippen molar-refractivity contribution >= 4 is 40.7 Å². The summed E-state index contributed by atoms with van der Waals surface area (Å²) in [4.78, 5) is 44.1. The number of carbonyl (C=O) groups is 1. The molecule has 0 bridgehead atoms. The Labute approximate surface area is 127 Å². The SMILES string of the molecule is Nc1nc(SCC(=O)Nc2nccc(=O)[nH]2)c2[nH]cnc2n1. The summed E-state index contributed by atoms with van der Waals surface area (Å²) in [6.45, 7) is 0. The average Bonchev–Trinajstić information content (AvgIpc) is 2.93. The summed E-state index contributed by atoms with van der Waals surface area (Å²) < 4.78 is 0. The van der Waals surface area contributed by atoms with Gasteiger partial charge >= 0.3 is 0 Å². The van der Waals surface area contributed by atoms with Gasteiger partial charge in [-0.15, -0.1) is 0 Å². The van der Waals surface area contributed by atoms with Crippen LogP contribution in [0.25, 0.3) is 11.2 Å². The number of carbonyl (C=O) groups excluding carboxylic acids is 1. The van der Waals surface area contributed by atoms with Crippen LogP contribution >= 0.6 is 11.8 Å². The fourth-order valence-electron chi connectivity index (χ4n) is 1.66. The highest BCUT2D eigenvalue weighted by molar-refractivity contribution is 8.00. The molecule has 0 aliphatic carbocycles. The van der Waals surface area contributed by atoms with E-state index in [4.69, 9.17) is 5.73 Å². The zero-order valence-electron chi connectivity index (χ0n) is 11.0. The first-order valence-corrected chi connectivity index (χ1v) is 7.05. The standard InChI is InChI=1S/C11H10N8O2S/c12-10-18-8-7(14-4-15-8)9(19-10)22-3-6(21)17-11-13-2-1-5(20)16-11/h1-2,4H,3H2,(H3,12,14,15,18,19)(H2,13,16,17,20,21). The smallest absolute Gasteiger partial charge is 0.252 e. The second-order valence-electron chi connectivity index (χ2n) is 4.11. The first kappa shape index (κ1) is 14.0. The van der Waals surface area contributed by atoms with Crippen molar-refractivity contribution in [1.82, 2.24) is 29.9 Å². The van der Waals surface area contributed by atoms with E-state index in [9.17, 15) is 9.59 Å². The maximum Gasteiger partial charge on any atom is 0.252 e. The number of hydrogen-bond acceptors (Lipinski definition) is 8. The van der Waals surface area contributed by atoms with E-state index in [-0.39, 0.29) is 29.1 Å². The van der Waals surface area contributed by atoms with Crippen LogP contribution in [0.4, 0.5) is 11.9 Å². The maximum absolute atomic E-state index is 11.9. The van der Waals surface area contributed by atoms with Crippen molar-refractivity contribution in [2.45, 2.75) is 5.03 Å². The fourth-order valence-corrected chi connectivity index (χ4v) is 2.46. The van der Waals surface area contributed by atoms with E-state index in [2.05, 4.69) is 35.2 Å². The molecule has 0 atom stereocenters. The lowest BCUT2D eigenvalue weighted by atomic mass is 10.5. The Hall–Kier alpha value is -2.95. The van der Waals surface area contributed by atoms with E-state index in [1.807, 2.05) is 0 Å². The molecule has 0 saturated heterocycles. The topological polar surface area (TPSA) is 155 Å². The summed E-state index contributed by atoms with van der Waals surface area (Å²) in [5, 5.41) is 3.00. The highest BCUT2D eigenvalue weighted by atomic mass is 32.2. The summed E-state index contributed by atoms with van der Waals surface area (Å²) in [5.41, 5.74) is 6.29. The number of nitrogen functional groups attached to an aromatic ring is 1. The second kappa shape index (κ2) is 5.81. The number of thioether (sulfide) groups is 1. The van der Waals surface area contributed by atoms with Crippen LogP contribution in [0, 0.1) is 0 Å². The van der Waals surface area contributed by atoms with Crippen LogP contribution in [0.15, 0.2) is 28.4 Å². The minimum atomic E-state index is -0.347. The summed E-state index contributed by atoms with van der Waals surface area (Å²) in [5.74, 6) is -0.115. The third-order valence-electron chi connectivity index (χ3n) is 2.54. The number of nitrogens with one attached hydrogen (secondary N) is 3. The van der Waals surface area contributed by atoms with Crippen LogP contribution in [0.5, 0.6) is 0 Å². The molecule has 3 aromatic heterocycles. The van der Waals surface area contributed by atoms with Gasteiger partial charge < -0.3 is 10.7 Å². The van der Waals surface area contributed by atoms with Crippen molar-refractivity contribution in [3.8, 4) is 0 Å². The van der Waals surface area contributed by atoms with Crippen molar-refractivity contribution in [1.29, 1.82) is 0 Å². The molecule has 0 saturated carbocycles. The van der Waals surface area contributed by atoms with Crippen LogP contribution < -0.4 is 16.6 Å². The Morgan fingerprint density at radius 2 is 2.23 bits per heavy atom. The number of nitrogens with two attached hydrogens (primary N) is 1. The van der Waals surface area contributed by atoms with E-state index in [0.717, 1.165) is 0 Å². The molecule has 10 nitrogen and oxygen atoms in total. The summed E-state index contributed by atoms with van der Waals surface area (Å²) in [6.07, 6.45) is 2.78. The lowest BCUT2D eigenvalue weighted by molar-refractivity contribution is -0.113. The molecule has 3 heterocycles. The molecule has 5 N–H and O–H groups in total. The van der Waals surface area contributed by atoms with Gasteiger partial charge in [-0.1, -0.05) is 11.8 Å². The molecule has 112 valence electrons. The van der Waals surface area contributed by atoms with Crippen molar-refractivity contribution in [2.75, 3.05) is 16.8 Å². The van der Waals surface area contributed by atoms with E-state index < -0.39 is 0 Å². The van der Waals surface area contributed by atoms with Gasteiger partial charge in [-0.3, -0.25) is 19.9 Å². The van der Waals surface area contributed by atoms with Gasteiger partial charge in [-0.25, -0.2) is 15.0 Å². The van der Waals surface area contributed by atoms with Gasteiger partial charge in [0.2, 0.25) is 17.8 Å². The molecule has 0 radical (unpaired) electrons. The molecule has 22 heavy (non-hydrogen) atoms. The summed E-state index contributed by atoms with van der Waals surface area (Å²) in [7, 11) is 0. The van der Waals surface area contributed by atoms with Crippen LogP contribution in [0.2, 0.25) is 0 Å². The normalized spacial score (nSPS) is 10.7. The minimum absolute atomic E-state index is 0.0587. The number of nitrogens with zero attached hydrogens (tertiary/aromatic N) is 4. The predicted molar refractivity (Wildman–Crippen MR) is 80.3 cm³/mol. The van der Waals surface area contributed by atoms with Gasteiger partial charge in [0.15, 0.2) is 5.65 Å². The molecule has 0 spiro atoms. The van der Waals surface area contributed by atoms with E-state index in [0.29, 0.717) is 16.2 Å². The minimum Gasteiger partial charge on any atom is -0.368 e. The highest BCUT2D eigenvalue weighted by Crippen LogP contribution is 2.23. The van der Waals surface area contributed by atoms with Crippen molar-refractivity contribution in [3.05, 3.63) is 28.9 Å². The van der Waals surface area contributed by atoms with Crippen LogP contribution in [0.3, 0.4) is 0 Å². The van der Waals surface area contributed by atoms with Gasteiger partial charge in [0.1, 0.15) is 10.5 Å². The number of aromatic nitrogens is 6. The average molecular weight is 318 g/mol. The monoisotopic (exact) mass is 318 g/mol. The van der Waals surface area contributed by atoms with Crippen LogP contribution in [0.1, 0.15) is 0 Å². The van der Waals surface area contributed by atoms with E-state index in [1.54, 1.807) is 0 Å². The summed E-state index contributed by atoms with van der Waals surface area (Å²) in [6, 6.07) is 1.25. The largest absolute Gasteiger partial charge is 0.368 e. The number of hydrogen-bond donors (Lipinski definition) is 4. The third-order valence-corrected chi connectivity index (χ3v) is 3.51. The van der Waals surface area contributed by atoms with Crippen LogP contribution in [-0.2, 0) is 4.79 Å². The van der Waals surface area contributed by atoms with Gasteiger partial charge in [-0.2, -0.15) is 4.98 Å². The van der Waals surface area contributed by atoms with Gasteiger partial charge in [-0.05, 0) is 0 Å². The number of imidazole rings is 1. The highest BCUT2D eigenvalue weighted by Gasteiger charge is 2.12. The lowest BCUT2D eigenvalue weighted by Gasteiger charge is -2.04. The number of aromatic amines is 2. The Morgan fingerprint density at radius 1 is 1.36 bits per heavy atom. The zero-order chi connectivity index (χ0) is 15.5. The van der Waals surface area contributed by atoms with Gasteiger partial charge in [0, 0.05) is 12.3 Å². The van der Waals surface area contributed by atoms with Gasteiger partial charge in [0.25, 0.3) is 5.56 Å². The number of H-pyrrole nitrogens is 2. The Balaban J connectivity index is 1.70. The van der Waals surface area contributed by atoms with E-state index in [1.165, 1.54) is 30.4 Å². The van der Waals surface area contributed by atoms with Crippen LogP contribution in [-0.4, -0.2) is 41.6 Å². The molecule has 1 amide bonds. The number of fused-ring (bicyclic) bond motifs is 1. The first-order valence-electron chi connectivity index (χ1n) is 6.06. The maximum atomic E-state index is 11.9. The zero-order valence-corrected chi connectivity index (χ0v) is 11.8. The molecule has 3 aromatic rings. The molecule has 0 aromatic carbocycles. The Morgan fingerprint density at radius 3 is 3.05 bits per heavy atom. The Kier molecular flexibility index (Phi) is 3.70. The number of amides is 1. The van der Waals surface area contributed by atoms with Gasteiger partial charge in [0.05, 0.1) is 12.1 Å². The molecule has 0 unspecified atom stereocenters. The van der Waals surface area contributed by atoms with Crippen molar-refractivity contribution in [3.63, 3.8) is 0 Å². The van der Waals surface area contributed by atoms with E-state index >= 15 is 0 Å². The molecule has 0 fully saturated rings.